The molecule has 9 heteroatoms. The number of nitrogens with one attached hydrogen (secondary N) is 3. The second-order valence-electron chi connectivity index (χ2n) is 4.52. The van der Waals surface area contributed by atoms with Gasteiger partial charge in [-0.2, -0.15) is 5.10 Å². The highest BCUT2D eigenvalue weighted by molar-refractivity contribution is 8.00. The van der Waals surface area contributed by atoms with E-state index >= 15 is 0 Å². The Hall–Kier alpha value is -2.55. The number of benzene rings is 1. The fourth-order valence-electron chi connectivity index (χ4n) is 1.68. The molecule has 2 aromatic rings. The van der Waals surface area contributed by atoms with Crippen molar-refractivity contribution in [2.24, 2.45) is 0 Å². The van der Waals surface area contributed by atoms with Crippen LogP contribution < -0.4 is 21.3 Å². The normalized spacial score (nSPS) is 11.7. The van der Waals surface area contributed by atoms with Crippen LogP contribution in [-0.2, 0) is 4.79 Å². The molecule has 23 heavy (non-hydrogen) atoms. The highest BCUT2D eigenvalue weighted by atomic mass is 32.2. The molecule has 1 amide bonds. The molecule has 0 fully saturated rings. The number of nitrogens with zero attached hydrogens (tertiary/aromatic N) is 1. The summed E-state index contributed by atoms with van der Waals surface area (Å²) in [6.07, 6.45) is 0. The van der Waals surface area contributed by atoms with Gasteiger partial charge in [-0.15, -0.1) is 0 Å². The van der Waals surface area contributed by atoms with Crippen molar-refractivity contribution in [3.05, 3.63) is 45.1 Å². The van der Waals surface area contributed by atoms with Crippen LogP contribution in [0.1, 0.15) is 13.8 Å². The average Bonchev–Trinajstić information content (AvgIpc) is 2.52. The van der Waals surface area contributed by atoms with Crippen LogP contribution >= 0.6 is 11.8 Å². The van der Waals surface area contributed by atoms with E-state index in [0.717, 1.165) is 17.5 Å². The molecule has 1 heterocycles. The largest absolute Gasteiger partial charge is 0.494 e. The molecule has 0 radical (unpaired) electrons. The molecule has 0 spiro atoms. The summed E-state index contributed by atoms with van der Waals surface area (Å²) in [7, 11) is 0. The summed E-state index contributed by atoms with van der Waals surface area (Å²) in [5, 5.41) is 7.94. The number of rotatable bonds is 6. The van der Waals surface area contributed by atoms with Gasteiger partial charge in [0.05, 0.1) is 11.9 Å². The van der Waals surface area contributed by atoms with E-state index in [2.05, 4.69) is 20.5 Å². The first-order valence-electron chi connectivity index (χ1n) is 6.89. The third kappa shape index (κ3) is 4.71. The van der Waals surface area contributed by atoms with Gasteiger partial charge in [0.25, 0.3) is 5.56 Å². The summed E-state index contributed by atoms with van der Waals surface area (Å²) in [6, 6.07) is 6.97. The molecule has 0 aliphatic carbocycles. The monoisotopic (exact) mass is 336 g/mol. The number of aromatic amines is 2. The Bertz CT molecular complexity index is 784. The van der Waals surface area contributed by atoms with Crippen molar-refractivity contribution in [2.75, 3.05) is 11.9 Å². The maximum Gasteiger partial charge on any atom is 0.342 e. The number of carbonyl (C=O) groups is 1. The lowest BCUT2D eigenvalue weighted by Gasteiger charge is -2.11. The van der Waals surface area contributed by atoms with E-state index in [9.17, 15) is 14.4 Å². The van der Waals surface area contributed by atoms with Crippen molar-refractivity contribution in [3.8, 4) is 5.75 Å². The zero-order chi connectivity index (χ0) is 16.8. The third-order valence-electron chi connectivity index (χ3n) is 2.77. The molecule has 1 aromatic heterocycles. The summed E-state index contributed by atoms with van der Waals surface area (Å²) < 4.78 is 5.32. The zero-order valence-electron chi connectivity index (χ0n) is 12.6. The first-order valence-corrected chi connectivity index (χ1v) is 7.77. The number of hydrogen-bond acceptors (Lipinski definition) is 6. The van der Waals surface area contributed by atoms with Crippen molar-refractivity contribution in [3.63, 3.8) is 0 Å². The number of carbonyl (C=O) groups excluding carboxylic acids is 1. The fourth-order valence-corrected chi connectivity index (χ4v) is 2.44. The van der Waals surface area contributed by atoms with Gasteiger partial charge in [-0.05, 0) is 38.1 Å². The minimum absolute atomic E-state index is 0.0268. The lowest BCUT2D eigenvalue weighted by molar-refractivity contribution is -0.115. The van der Waals surface area contributed by atoms with E-state index in [1.807, 2.05) is 6.92 Å². The number of anilines is 1. The minimum atomic E-state index is -0.689. The van der Waals surface area contributed by atoms with Gasteiger partial charge >= 0.3 is 5.69 Å². The molecule has 1 atom stereocenters. The van der Waals surface area contributed by atoms with Crippen LogP contribution in [0.25, 0.3) is 0 Å². The van der Waals surface area contributed by atoms with Crippen LogP contribution in [0.3, 0.4) is 0 Å². The van der Waals surface area contributed by atoms with Gasteiger partial charge < -0.3 is 10.1 Å². The molecule has 0 bridgehead atoms. The van der Waals surface area contributed by atoms with Crippen LogP contribution in [0.2, 0.25) is 0 Å². The van der Waals surface area contributed by atoms with Crippen molar-refractivity contribution < 1.29 is 9.53 Å². The summed E-state index contributed by atoms with van der Waals surface area (Å²) in [5.41, 5.74) is -0.695. The Morgan fingerprint density at radius 1 is 1.35 bits per heavy atom. The van der Waals surface area contributed by atoms with Gasteiger partial charge in [0.2, 0.25) is 5.91 Å². The number of amides is 1. The lowest BCUT2D eigenvalue weighted by atomic mass is 10.3. The quantitative estimate of drug-likeness (QED) is 0.677. The summed E-state index contributed by atoms with van der Waals surface area (Å²) in [6.45, 7) is 4.10. The first-order chi connectivity index (χ1) is 11.0. The predicted octanol–water partition coefficient (Wildman–Crippen LogP) is 0.976. The summed E-state index contributed by atoms with van der Waals surface area (Å²) in [4.78, 5) is 36.6. The molecule has 0 aliphatic rings. The lowest BCUT2D eigenvalue weighted by Crippen LogP contribution is -2.28. The van der Waals surface area contributed by atoms with Crippen LogP contribution in [0, 0.1) is 0 Å². The third-order valence-corrected chi connectivity index (χ3v) is 3.84. The molecular weight excluding hydrogens is 320 g/mol. The molecule has 1 aromatic carbocycles. The van der Waals surface area contributed by atoms with Crippen molar-refractivity contribution >= 4 is 23.4 Å². The molecule has 0 aliphatic heterocycles. The molecule has 0 saturated heterocycles. The smallest absolute Gasteiger partial charge is 0.342 e. The number of ether oxygens (including phenoxy) is 1. The summed E-state index contributed by atoms with van der Waals surface area (Å²) >= 11 is 0.956. The van der Waals surface area contributed by atoms with Crippen LogP contribution in [0.5, 0.6) is 5.75 Å². The number of thioether (sulfide) groups is 1. The van der Waals surface area contributed by atoms with Gasteiger partial charge in [0, 0.05) is 5.69 Å². The number of aromatic nitrogens is 3. The molecule has 0 saturated carbocycles. The molecular formula is C14H16N4O4S. The van der Waals surface area contributed by atoms with Gasteiger partial charge in [-0.1, -0.05) is 11.8 Å². The van der Waals surface area contributed by atoms with E-state index in [1.54, 1.807) is 31.2 Å². The molecule has 3 N–H and O–H groups in total. The summed E-state index contributed by atoms with van der Waals surface area (Å²) in [5.74, 6) is 0.434. The zero-order valence-corrected chi connectivity index (χ0v) is 13.4. The van der Waals surface area contributed by atoms with Gasteiger partial charge in [-0.25, -0.2) is 9.89 Å². The standard InChI is InChI=1S/C14H16N4O4S/c1-3-22-10-6-4-9(5-7-10)15-11(19)8(2)23-13-12(20)16-14(21)18-17-13/h4-8H,3H2,1-2H3,(H,15,19)(H2,16,18,20,21)/t8-/m1/s1. The maximum atomic E-state index is 12.1. The maximum absolute atomic E-state index is 12.1. The second kappa shape index (κ2) is 7.63. The minimum Gasteiger partial charge on any atom is -0.494 e. The predicted molar refractivity (Wildman–Crippen MR) is 87.0 cm³/mol. The first kappa shape index (κ1) is 16.8. The fraction of sp³-hybridized carbons (Fsp3) is 0.286. The molecule has 0 unspecified atom stereocenters. The highest BCUT2D eigenvalue weighted by Crippen LogP contribution is 2.20. The highest BCUT2D eigenvalue weighted by Gasteiger charge is 2.17. The van der Waals surface area contributed by atoms with Crippen LogP contribution in [0.15, 0.2) is 38.9 Å². The van der Waals surface area contributed by atoms with E-state index in [1.165, 1.54) is 0 Å². The van der Waals surface area contributed by atoms with E-state index < -0.39 is 16.5 Å². The van der Waals surface area contributed by atoms with Crippen LogP contribution in [-0.4, -0.2) is 32.9 Å². The molecule has 2 rings (SSSR count). The Morgan fingerprint density at radius 2 is 2.04 bits per heavy atom. The second-order valence-corrected chi connectivity index (χ2v) is 5.85. The van der Waals surface area contributed by atoms with E-state index in [0.29, 0.717) is 12.3 Å². The van der Waals surface area contributed by atoms with Crippen molar-refractivity contribution in [2.45, 2.75) is 24.1 Å². The van der Waals surface area contributed by atoms with Crippen molar-refractivity contribution in [1.29, 1.82) is 0 Å². The Morgan fingerprint density at radius 3 is 2.65 bits per heavy atom. The molecule has 122 valence electrons. The Balaban J connectivity index is 1.99. The number of H-pyrrole nitrogens is 2. The Kier molecular flexibility index (Phi) is 5.58. The van der Waals surface area contributed by atoms with Crippen molar-refractivity contribution in [1.82, 2.24) is 15.2 Å². The molecule has 8 nitrogen and oxygen atoms in total. The van der Waals surface area contributed by atoms with Gasteiger partial charge in [0.15, 0.2) is 5.03 Å². The van der Waals surface area contributed by atoms with E-state index in [-0.39, 0.29) is 10.9 Å². The van der Waals surface area contributed by atoms with Gasteiger partial charge in [0.1, 0.15) is 5.75 Å². The van der Waals surface area contributed by atoms with Gasteiger partial charge in [-0.3, -0.25) is 14.6 Å². The van der Waals surface area contributed by atoms with Crippen LogP contribution in [0.4, 0.5) is 5.69 Å². The van der Waals surface area contributed by atoms with E-state index in [4.69, 9.17) is 4.74 Å². The average molecular weight is 336 g/mol. The number of hydrogen-bond donors (Lipinski definition) is 3. The topological polar surface area (TPSA) is 117 Å². The Labute approximate surface area is 135 Å². The SMILES string of the molecule is CCOc1ccc(NC(=O)[C@@H](C)Sc2n[nH]c(=O)[nH]c2=O)cc1.